The van der Waals surface area contributed by atoms with E-state index in [2.05, 4.69) is 10.2 Å². The minimum Gasteiger partial charge on any atom is -0.465 e. The summed E-state index contributed by atoms with van der Waals surface area (Å²) in [5.41, 5.74) is 1.45. The normalized spacial score (nSPS) is 19.5. The van der Waals surface area contributed by atoms with Crippen LogP contribution in [-0.4, -0.2) is 47.1 Å². The van der Waals surface area contributed by atoms with Crippen LogP contribution in [0.4, 0.5) is 0 Å². The van der Waals surface area contributed by atoms with E-state index in [1.54, 1.807) is 0 Å². The van der Waals surface area contributed by atoms with Gasteiger partial charge in [-0.1, -0.05) is 25.7 Å². The smallest absolute Gasteiger partial charge is 0.329 e. The van der Waals surface area contributed by atoms with Crippen molar-refractivity contribution in [1.29, 1.82) is 0 Å². The van der Waals surface area contributed by atoms with Gasteiger partial charge >= 0.3 is 5.97 Å². The first-order chi connectivity index (χ1) is 13.1. The summed E-state index contributed by atoms with van der Waals surface area (Å²) in [5.74, 6) is -0.267. The van der Waals surface area contributed by atoms with Gasteiger partial charge in [0, 0.05) is 18.8 Å². The van der Waals surface area contributed by atoms with Crippen LogP contribution in [-0.2, 0) is 16.6 Å². The number of amides is 1. The first-order valence-corrected chi connectivity index (χ1v) is 10.5. The molecule has 7 heteroatoms. The van der Waals surface area contributed by atoms with Crippen LogP contribution in [0.2, 0.25) is 0 Å². The molecule has 1 N–H and O–H groups in total. The van der Waals surface area contributed by atoms with E-state index in [0.717, 1.165) is 44.5 Å². The third-order valence-corrected chi connectivity index (χ3v) is 5.88. The monoisotopic (exact) mass is 411 g/mol. The molecule has 6 nitrogen and oxygen atoms in total. The predicted octanol–water partition coefficient (Wildman–Crippen LogP) is 3.60. The van der Waals surface area contributed by atoms with Crippen molar-refractivity contribution < 1.29 is 14.3 Å². The summed E-state index contributed by atoms with van der Waals surface area (Å²) >= 11 is 0. The molecular weight excluding hydrogens is 378 g/mol. The lowest BCUT2D eigenvalue weighted by atomic mass is 9.95. The number of aromatic nitrogens is 1. The molecule has 158 valence electrons. The molecule has 1 unspecified atom stereocenters. The maximum Gasteiger partial charge on any atom is 0.329 e. The molecule has 1 amide bonds. The Hall–Kier alpha value is -1.53. The predicted molar refractivity (Wildman–Crippen MR) is 112 cm³/mol. The fourth-order valence-electron chi connectivity index (χ4n) is 4.39. The van der Waals surface area contributed by atoms with Crippen LogP contribution in [0.25, 0.3) is 0 Å². The summed E-state index contributed by atoms with van der Waals surface area (Å²) < 4.78 is 7.23. The van der Waals surface area contributed by atoms with Crippen molar-refractivity contribution in [3.63, 3.8) is 0 Å². The molecule has 1 aromatic heterocycles. The summed E-state index contributed by atoms with van der Waals surface area (Å²) in [6, 6.07) is 3.58. The van der Waals surface area contributed by atoms with Crippen molar-refractivity contribution in [3.8, 4) is 0 Å². The highest BCUT2D eigenvalue weighted by molar-refractivity contribution is 5.93. The second-order valence-corrected chi connectivity index (χ2v) is 7.76. The van der Waals surface area contributed by atoms with E-state index in [0.29, 0.717) is 12.3 Å². The average molecular weight is 412 g/mol. The zero-order valence-electron chi connectivity index (χ0n) is 17.1. The van der Waals surface area contributed by atoms with E-state index < -0.39 is 6.04 Å². The number of hydrogen-bond donors (Lipinski definition) is 1. The molecular formula is C21H34ClN3O3. The number of piperidine rings is 1. The van der Waals surface area contributed by atoms with Gasteiger partial charge in [0.15, 0.2) is 0 Å². The molecule has 1 aromatic rings. The fraction of sp³-hybridized carbons (Fsp3) is 0.714. The maximum atomic E-state index is 12.8. The number of carbonyl (C=O) groups excluding carboxylic acids is 2. The number of hydrogen-bond acceptors (Lipinski definition) is 4. The Morgan fingerprint density at radius 2 is 1.75 bits per heavy atom. The molecule has 0 spiro atoms. The lowest BCUT2D eigenvalue weighted by Gasteiger charge is -2.33. The van der Waals surface area contributed by atoms with Crippen molar-refractivity contribution in [3.05, 3.63) is 23.5 Å². The highest BCUT2D eigenvalue weighted by Crippen LogP contribution is 2.27. The molecule has 1 saturated carbocycles. The Bertz CT molecular complexity index is 649. The number of esters is 1. The Labute approximate surface area is 174 Å². The maximum absolute atomic E-state index is 12.8. The number of ether oxygens (including phenoxy) is 1. The highest BCUT2D eigenvalue weighted by Gasteiger charge is 2.33. The van der Waals surface area contributed by atoms with Crippen LogP contribution >= 0.6 is 12.4 Å². The first-order valence-electron chi connectivity index (χ1n) is 10.5. The summed E-state index contributed by atoms with van der Waals surface area (Å²) in [4.78, 5) is 27.7. The van der Waals surface area contributed by atoms with Crippen LogP contribution in [0.3, 0.4) is 0 Å². The SMILES string of the molecule is CCOC(=O)C(c1ccc(C(=O)NC2CCCCC2)n1C)N1CCCCC1.Cl. The zero-order chi connectivity index (χ0) is 19.2. The van der Waals surface area contributed by atoms with Gasteiger partial charge in [0.25, 0.3) is 5.91 Å². The van der Waals surface area contributed by atoms with E-state index in [1.165, 1.54) is 25.7 Å². The largest absolute Gasteiger partial charge is 0.465 e. The van der Waals surface area contributed by atoms with Crippen molar-refractivity contribution in [1.82, 2.24) is 14.8 Å². The summed E-state index contributed by atoms with van der Waals surface area (Å²) in [5, 5.41) is 3.17. The van der Waals surface area contributed by atoms with Crippen LogP contribution < -0.4 is 5.32 Å². The van der Waals surface area contributed by atoms with Crippen molar-refractivity contribution >= 4 is 24.3 Å². The van der Waals surface area contributed by atoms with Gasteiger partial charge in [0.1, 0.15) is 11.7 Å². The number of carbonyl (C=O) groups is 2. The molecule has 1 atom stereocenters. The van der Waals surface area contributed by atoms with Crippen LogP contribution in [0.15, 0.2) is 12.1 Å². The van der Waals surface area contributed by atoms with E-state index in [4.69, 9.17) is 4.74 Å². The number of nitrogens with one attached hydrogen (secondary N) is 1. The van der Waals surface area contributed by atoms with Gasteiger partial charge in [-0.2, -0.15) is 0 Å². The van der Waals surface area contributed by atoms with Gasteiger partial charge in [-0.15, -0.1) is 12.4 Å². The first kappa shape index (κ1) is 22.8. The van der Waals surface area contributed by atoms with Gasteiger partial charge in [-0.25, -0.2) is 4.79 Å². The third-order valence-electron chi connectivity index (χ3n) is 5.88. The van der Waals surface area contributed by atoms with Crippen molar-refractivity contribution in [2.45, 2.75) is 70.4 Å². The summed E-state index contributed by atoms with van der Waals surface area (Å²) in [6.07, 6.45) is 9.13. The van der Waals surface area contributed by atoms with E-state index in [9.17, 15) is 9.59 Å². The zero-order valence-corrected chi connectivity index (χ0v) is 17.9. The lowest BCUT2D eigenvalue weighted by Crippen LogP contribution is -2.40. The van der Waals surface area contributed by atoms with Crippen LogP contribution in [0.5, 0.6) is 0 Å². The van der Waals surface area contributed by atoms with E-state index >= 15 is 0 Å². The molecule has 1 aliphatic heterocycles. The van der Waals surface area contributed by atoms with Crippen LogP contribution in [0, 0.1) is 0 Å². The molecule has 3 rings (SSSR count). The molecule has 2 fully saturated rings. The van der Waals surface area contributed by atoms with Gasteiger partial charge in [0.2, 0.25) is 0 Å². The fourth-order valence-corrected chi connectivity index (χ4v) is 4.39. The number of likely N-dealkylation sites (tertiary alicyclic amines) is 1. The van der Waals surface area contributed by atoms with Crippen molar-refractivity contribution in [2.24, 2.45) is 7.05 Å². The number of nitrogens with zero attached hydrogens (tertiary/aromatic N) is 2. The lowest BCUT2D eigenvalue weighted by molar-refractivity contribution is -0.150. The van der Waals surface area contributed by atoms with Gasteiger partial charge < -0.3 is 14.6 Å². The topological polar surface area (TPSA) is 63.6 Å². The number of halogens is 1. The van der Waals surface area contributed by atoms with Crippen LogP contribution in [0.1, 0.15) is 80.5 Å². The number of rotatable bonds is 6. The Kier molecular flexibility index (Phi) is 8.83. The standard InChI is InChI=1S/C21H33N3O3.ClH/c1-3-27-21(26)19(24-14-8-5-9-15-24)17-12-13-18(23(17)2)20(25)22-16-10-6-4-7-11-16;/h12-13,16,19H,3-11,14-15H2,1-2H3,(H,22,25);1H. The third kappa shape index (κ3) is 5.29. The van der Waals surface area contributed by atoms with Gasteiger partial charge in [0.05, 0.1) is 6.61 Å². The Morgan fingerprint density at radius 3 is 2.39 bits per heavy atom. The highest BCUT2D eigenvalue weighted by atomic mass is 35.5. The molecule has 1 aliphatic carbocycles. The Morgan fingerprint density at radius 1 is 1.11 bits per heavy atom. The molecule has 2 aliphatic rings. The summed E-state index contributed by atoms with van der Waals surface area (Å²) in [7, 11) is 1.88. The van der Waals surface area contributed by atoms with E-state index in [-0.39, 0.29) is 30.3 Å². The van der Waals surface area contributed by atoms with Crippen molar-refractivity contribution in [2.75, 3.05) is 19.7 Å². The molecule has 28 heavy (non-hydrogen) atoms. The quantitative estimate of drug-likeness (QED) is 0.726. The van der Waals surface area contributed by atoms with Gasteiger partial charge in [-0.3, -0.25) is 9.69 Å². The average Bonchev–Trinajstić information content (AvgIpc) is 3.05. The summed E-state index contributed by atoms with van der Waals surface area (Å²) in [6.45, 7) is 3.97. The minimum absolute atomic E-state index is 0. The molecule has 0 radical (unpaired) electrons. The van der Waals surface area contributed by atoms with E-state index in [1.807, 2.05) is 30.7 Å². The molecule has 0 aromatic carbocycles. The molecule has 0 bridgehead atoms. The Balaban J connectivity index is 0.00000280. The van der Waals surface area contributed by atoms with Gasteiger partial charge in [-0.05, 0) is 57.8 Å². The minimum atomic E-state index is -0.438. The molecule has 1 saturated heterocycles. The second kappa shape index (κ2) is 10.9. The molecule has 2 heterocycles. The second-order valence-electron chi connectivity index (χ2n) is 7.76.